The van der Waals surface area contributed by atoms with Gasteiger partial charge in [-0.15, -0.1) is 0 Å². The predicted molar refractivity (Wildman–Crippen MR) is 76.8 cm³/mol. The molecular formula is C14H17NO2S. The van der Waals surface area contributed by atoms with Crippen LogP contribution in [0.15, 0.2) is 18.2 Å². The standard InChI is InChI=1S/C14H17NO2S/c1-11-10-12(4-3-8-16)5-6-13(11)15-14(17)7-9-18-2/h5-6,10,16H,7-9H2,1-2H3,(H,15,17). The lowest BCUT2D eigenvalue weighted by Crippen LogP contribution is -2.13. The highest BCUT2D eigenvalue weighted by Gasteiger charge is 2.04. The molecule has 0 unspecified atom stereocenters. The Balaban J connectivity index is 2.70. The lowest BCUT2D eigenvalue weighted by Gasteiger charge is -2.08. The number of anilines is 1. The van der Waals surface area contributed by atoms with Gasteiger partial charge >= 0.3 is 0 Å². The largest absolute Gasteiger partial charge is 0.384 e. The van der Waals surface area contributed by atoms with Gasteiger partial charge < -0.3 is 10.4 Å². The van der Waals surface area contributed by atoms with Crippen LogP contribution in [0.3, 0.4) is 0 Å². The fraction of sp³-hybridized carbons (Fsp3) is 0.357. The molecule has 0 aliphatic rings. The van der Waals surface area contributed by atoms with E-state index in [9.17, 15) is 4.79 Å². The van der Waals surface area contributed by atoms with Gasteiger partial charge in [-0.2, -0.15) is 11.8 Å². The van der Waals surface area contributed by atoms with Crippen molar-refractivity contribution in [1.82, 2.24) is 0 Å². The van der Waals surface area contributed by atoms with E-state index in [0.717, 1.165) is 22.6 Å². The molecule has 1 aromatic rings. The minimum atomic E-state index is -0.147. The Morgan fingerprint density at radius 2 is 2.28 bits per heavy atom. The van der Waals surface area contributed by atoms with Gasteiger partial charge in [0.25, 0.3) is 0 Å². The number of nitrogens with one attached hydrogen (secondary N) is 1. The van der Waals surface area contributed by atoms with Crippen LogP contribution in [0.2, 0.25) is 0 Å². The summed E-state index contributed by atoms with van der Waals surface area (Å²) < 4.78 is 0. The van der Waals surface area contributed by atoms with Crippen LogP contribution in [-0.2, 0) is 4.79 Å². The first-order chi connectivity index (χ1) is 8.67. The third kappa shape index (κ3) is 4.82. The van der Waals surface area contributed by atoms with E-state index < -0.39 is 0 Å². The highest BCUT2D eigenvalue weighted by molar-refractivity contribution is 7.98. The minimum absolute atomic E-state index is 0.0293. The molecule has 2 N–H and O–H groups in total. The molecule has 0 aliphatic carbocycles. The van der Waals surface area contributed by atoms with Crippen molar-refractivity contribution in [2.24, 2.45) is 0 Å². The zero-order chi connectivity index (χ0) is 13.4. The van der Waals surface area contributed by atoms with Crippen LogP contribution < -0.4 is 5.32 Å². The van der Waals surface area contributed by atoms with Gasteiger partial charge in [0.1, 0.15) is 6.61 Å². The van der Waals surface area contributed by atoms with E-state index in [0.29, 0.717) is 6.42 Å². The normalized spacial score (nSPS) is 9.50. The lowest BCUT2D eigenvalue weighted by atomic mass is 10.1. The number of aryl methyl sites for hydroxylation is 1. The molecule has 18 heavy (non-hydrogen) atoms. The Hall–Kier alpha value is -1.44. The molecule has 0 radical (unpaired) electrons. The van der Waals surface area contributed by atoms with E-state index in [-0.39, 0.29) is 12.5 Å². The van der Waals surface area contributed by atoms with Crippen LogP contribution in [0.1, 0.15) is 17.5 Å². The summed E-state index contributed by atoms with van der Waals surface area (Å²) >= 11 is 1.65. The lowest BCUT2D eigenvalue weighted by molar-refractivity contribution is -0.115. The summed E-state index contributed by atoms with van der Waals surface area (Å²) in [6, 6.07) is 5.57. The molecule has 0 bridgehead atoms. The van der Waals surface area contributed by atoms with Crippen molar-refractivity contribution in [1.29, 1.82) is 0 Å². The number of thioether (sulfide) groups is 1. The summed E-state index contributed by atoms with van der Waals surface area (Å²) in [5.41, 5.74) is 2.62. The first-order valence-electron chi connectivity index (χ1n) is 5.66. The van der Waals surface area contributed by atoms with Gasteiger partial charge in [-0.1, -0.05) is 11.8 Å². The van der Waals surface area contributed by atoms with Crippen molar-refractivity contribution < 1.29 is 9.90 Å². The van der Waals surface area contributed by atoms with E-state index in [4.69, 9.17) is 5.11 Å². The minimum Gasteiger partial charge on any atom is -0.384 e. The summed E-state index contributed by atoms with van der Waals surface area (Å²) in [4.78, 5) is 11.6. The van der Waals surface area contributed by atoms with E-state index in [1.807, 2.05) is 31.4 Å². The topological polar surface area (TPSA) is 49.3 Å². The molecule has 4 heteroatoms. The zero-order valence-corrected chi connectivity index (χ0v) is 11.4. The van der Waals surface area contributed by atoms with Crippen molar-refractivity contribution in [3.05, 3.63) is 29.3 Å². The van der Waals surface area contributed by atoms with Crippen LogP contribution >= 0.6 is 11.8 Å². The van der Waals surface area contributed by atoms with Gasteiger partial charge in [0, 0.05) is 23.4 Å². The zero-order valence-electron chi connectivity index (χ0n) is 10.6. The molecule has 0 aliphatic heterocycles. The van der Waals surface area contributed by atoms with Crippen molar-refractivity contribution in [3.8, 4) is 11.8 Å². The molecule has 0 saturated carbocycles. The molecule has 0 atom stereocenters. The molecule has 96 valence electrons. The number of carbonyl (C=O) groups is 1. The molecule has 3 nitrogen and oxygen atoms in total. The SMILES string of the molecule is CSCCC(=O)Nc1ccc(C#CCO)cc1C. The van der Waals surface area contributed by atoms with Gasteiger partial charge in [-0.3, -0.25) is 4.79 Å². The maximum absolute atomic E-state index is 11.6. The second-order valence-corrected chi connectivity index (χ2v) is 4.77. The van der Waals surface area contributed by atoms with Crippen LogP contribution in [-0.4, -0.2) is 29.6 Å². The molecule has 1 amide bonds. The Morgan fingerprint density at radius 3 is 2.89 bits per heavy atom. The summed E-state index contributed by atoms with van der Waals surface area (Å²) in [5, 5.41) is 11.5. The highest BCUT2D eigenvalue weighted by atomic mass is 32.2. The van der Waals surface area contributed by atoms with E-state index in [1.54, 1.807) is 11.8 Å². The first kappa shape index (κ1) is 14.6. The smallest absolute Gasteiger partial charge is 0.225 e. The van der Waals surface area contributed by atoms with Gasteiger partial charge in [-0.05, 0) is 36.9 Å². The van der Waals surface area contributed by atoms with Crippen LogP contribution in [0.25, 0.3) is 0 Å². The number of aliphatic hydroxyl groups is 1. The molecule has 0 heterocycles. The molecule has 0 spiro atoms. The summed E-state index contributed by atoms with van der Waals surface area (Å²) in [6.07, 6.45) is 2.50. The van der Waals surface area contributed by atoms with E-state index >= 15 is 0 Å². The summed E-state index contributed by atoms with van der Waals surface area (Å²) in [6.45, 7) is 1.78. The predicted octanol–water partition coefficient (Wildman–Crippen LogP) is 2.03. The number of hydrogen-bond acceptors (Lipinski definition) is 3. The quantitative estimate of drug-likeness (QED) is 0.817. The average Bonchev–Trinajstić information content (AvgIpc) is 2.36. The Labute approximate surface area is 112 Å². The number of aliphatic hydroxyl groups excluding tert-OH is 1. The Kier molecular flexibility index (Phi) is 6.34. The van der Waals surface area contributed by atoms with Crippen molar-refractivity contribution >= 4 is 23.4 Å². The van der Waals surface area contributed by atoms with Gasteiger partial charge in [0.15, 0.2) is 0 Å². The number of carbonyl (C=O) groups excluding carboxylic acids is 1. The van der Waals surface area contributed by atoms with Gasteiger partial charge in [0.05, 0.1) is 0 Å². The summed E-state index contributed by atoms with van der Waals surface area (Å²) in [7, 11) is 0. The fourth-order valence-electron chi connectivity index (χ4n) is 1.43. The number of amides is 1. The summed E-state index contributed by atoms with van der Waals surface area (Å²) in [5.74, 6) is 6.28. The second kappa shape index (κ2) is 7.80. The second-order valence-electron chi connectivity index (χ2n) is 3.78. The van der Waals surface area contributed by atoms with Crippen molar-refractivity contribution in [2.75, 3.05) is 23.9 Å². The van der Waals surface area contributed by atoms with Crippen LogP contribution in [0, 0.1) is 18.8 Å². The van der Waals surface area contributed by atoms with Gasteiger partial charge in [-0.25, -0.2) is 0 Å². The number of rotatable bonds is 4. The van der Waals surface area contributed by atoms with E-state index in [1.165, 1.54) is 0 Å². The number of benzene rings is 1. The van der Waals surface area contributed by atoms with Crippen molar-refractivity contribution in [3.63, 3.8) is 0 Å². The third-order valence-corrected chi connectivity index (χ3v) is 2.96. The Morgan fingerprint density at radius 1 is 1.50 bits per heavy atom. The molecule has 0 aromatic heterocycles. The molecular weight excluding hydrogens is 246 g/mol. The fourth-order valence-corrected chi connectivity index (χ4v) is 1.82. The Bertz CT molecular complexity index is 474. The molecule has 0 saturated heterocycles. The van der Waals surface area contributed by atoms with Crippen molar-refractivity contribution in [2.45, 2.75) is 13.3 Å². The van der Waals surface area contributed by atoms with Gasteiger partial charge in [0.2, 0.25) is 5.91 Å². The highest BCUT2D eigenvalue weighted by Crippen LogP contribution is 2.16. The monoisotopic (exact) mass is 263 g/mol. The third-order valence-electron chi connectivity index (χ3n) is 2.35. The van der Waals surface area contributed by atoms with Crippen LogP contribution in [0.5, 0.6) is 0 Å². The molecule has 0 fully saturated rings. The molecule has 1 aromatic carbocycles. The van der Waals surface area contributed by atoms with E-state index in [2.05, 4.69) is 17.2 Å². The van der Waals surface area contributed by atoms with Crippen LogP contribution in [0.4, 0.5) is 5.69 Å². The maximum atomic E-state index is 11.6. The maximum Gasteiger partial charge on any atom is 0.225 e. The average molecular weight is 263 g/mol. The molecule has 1 rings (SSSR count). The first-order valence-corrected chi connectivity index (χ1v) is 7.06. The number of hydrogen-bond donors (Lipinski definition) is 2.